The highest BCUT2D eigenvalue weighted by Crippen LogP contribution is 2.49. The Labute approximate surface area is 240 Å². The highest BCUT2D eigenvalue weighted by atomic mass is 32.1. The number of carbonyl (C=O) groups is 3. The molecule has 11 nitrogen and oxygen atoms in total. The van der Waals surface area contributed by atoms with Gasteiger partial charge in [0.25, 0.3) is 5.69 Å². The quantitative estimate of drug-likeness (QED) is 0.114. The lowest BCUT2D eigenvalue weighted by atomic mass is 9.74. The molecule has 4 heterocycles. The second-order valence-corrected chi connectivity index (χ2v) is 11.3. The summed E-state index contributed by atoms with van der Waals surface area (Å²) in [7, 11) is 0. The molecule has 0 aliphatic carbocycles. The zero-order valence-corrected chi connectivity index (χ0v) is 23.6. The molecule has 41 heavy (non-hydrogen) atoms. The lowest BCUT2D eigenvalue weighted by Gasteiger charge is -2.47. The molecule has 0 N–H and O–H groups in total. The van der Waals surface area contributed by atoms with Gasteiger partial charge in [-0.3, -0.25) is 24.8 Å². The first kappa shape index (κ1) is 28.2. The minimum atomic E-state index is -0.948. The molecule has 1 saturated heterocycles. The molecule has 1 fully saturated rings. The van der Waals surface area contributed by atoms with Crippen LogP contribution in [0.25, 0.3) is 0 Å². The Hall–Kier alpha value is -4.29. The number of non-ortho nitro benzene ring substituents is 1. The molecule has 212 valence electrons. The lowest BCUT2D eigenvalue weighted by molar-refractivity contribution is -0.384. The molecule has 3 atom stereocenters. The fraction of sp³-hybridized carbons (Fsp3) is 0.345. The van der Waals surface area contributed by atoms with Crippen molar-refractivity contribution >= 4 is 34.9 Å². The zero-order valence-electron chi connectivity index (χ0n) is 22.8. The van der Waals surface area contributed by atoms with Crippen LogP contribution < -0.4 is 0 Å². The van der Waals surface area contributed by atoms with Gasteiger partial charge >= 0.3 is 11.9 Å². The third kappa shape index (κ3) is 5.66. The number of amides is 1. The maximum absolute atomic E-state index is 13.6. The number of nitro groups is 1. The van der Waals surface area contributed by atoms with Gasteiger partial charge in [-0.1, -0.05) is 26.8 Å². The van der Waals surface area contributed by atoms with Gasteiger partial charge in [0.2, 0.25) is 5.91 Å². The summed E-state index contributed by atoms with van der Waals surface area (Å²) in [6, 6.07) is 8.41. The second kappa shape index (κ2) is 11.7. The lowest BCUT2D eigenvalue weighted by Crippen LogP contribution is -2.62. The van der Waals surface area contributed by atoms with Crippen molar-refractivity contribution in [2.75, 3.05) is 6.54 Å². The summed E-state index contributed by atoms with van der Waals surface area (Å²) in [6.07, 6.45) is 3.48. The maximum Gasteiger partial charge on any atom is 0.362 e. The molecular formula is C29H29N5O6S. The van der Waals surface area contributed by atoms with Crippen LogP contribution in [0.5, 0.6) is 0 Å². The van der Waals surface area contributed by atoms with E-state index < -0.39 is 16.9 Å². The molecule has 2 aliphatic heterocycles. The van der Waals surface area contributed by atoms with Crippen molar-refractivity contribution in [3.8, 4) is 0 Å². The monoisotopic (exact) mass is 575 g/mol. The first-order valence-electron chi connectivity index (χ1n) is 13.2. The van der Waals surface area contributed by atoms with Gasteiger partial charge in [-0.25, -0.2) is 14.6 Å². The van der Waals surface area contributed by atoms with E-state index in [1.54, 1.807) is 17.9 Å². The summed E-state index contributed by atoms with van der Waals surface area (Å²) in [5.74, 6) is -2.35. The van der Waals surface area contributed by atoms with Crippen LogP contribution in [0.3, 0.4) is 0 Å². The van der Waals surface area contributed by atoms with Crippen molar-refractivity contribution in [2.45, 2.75) is 39.9 Å². The summed E-state index contributed by atoms with van der Waals surface area (Å²) >= 11 is 1.49. The average Bonchev–Trinajstić information content (AvgIpc) is 3.53. The second-order valence-electron chi connectivity index (χ2n) is 10.6. The van der Waals surface area contributed by atoms with Crippen molar-refractivity contribution in [3.05, 3.63) is 97.9 Å². The van der Waals surface area contributed by atoms with Crippen molar-refractivity contribution in [1.82, 2.24) is 19.8 Å². The van der Waals surface area contributed by atoms with Crippen LogP contribution in [0.2, 0.25) is 0 Å². The predicted octanol–water partition coefficient (Wildman–Crippen LogP) is 4.22. The SMILES string of the molecule is CC(C)[C@H]1C(=O)N2C(C(=O)OC(=O)c3ccc([N+](=O)[O-])cc3)=C(CN(Cc3cccnc3)Cc3cscn3)[C@H](C)[C@H]12. The van der Waals surface area contributed by atoms with Gasteiger partial charge in [0.15, 0.2) is 0 Å². The highest BCUT2D eigenvalue weighted by Gasteiger charge is 2.59. The molecule has 3 aromatic rings. The number of carbonyl (C=O) groups excluding carboxylic acids is 3. The van der Waals surface area contributed by atoms with Crippen molar-refractivity contribution in [3.63, 3.8) is 0 Å². The van der Waals surface area contributed by atoms with E-state index in [-0.39, 0.29) is 46.7 Å². The van der Waals surface area contributed by atoms with Crippen molar-refractivity contribution in [1.29, 1.82) is 0 Å². The summed E-state index contributed by atoms with van der Waals surface area (Å²) in [5.41, 5.74) is 4.23. The van der Waals surface area contributed by atoms with E-state index in [9.17, 15) is 24.5 Å². The number of nitrogens with zero attached hydrogens (tertiary/aromatic N) is 5. The predicted molar refractivity (Wildman–Crippen MR) is 149 cm³/mol. The van der Waals surface area contributed by atoms with Crippen molar-refractivity contribution < 1.29 is 24.0 Å². The number of aromatic nitrogens is 2. The van der Waals surface area contributed by atoms with Gasteiger partial charge in [-0.05, 0) is 35.3 Å². The van der Waals surface area contributed by atoms with Gasteiger partial charge in [0.05, 0.1) is 33.7 Å². The van der Waals surface area contributed by atoms with Crippen LogP contribution in [-0.2, 0) is 27.4 Å². The number of hydrogen-bond acceptors (Lipinski definition) is 10. The number of benzene rings is 1. The van der Waals surface area contributed by atoms with Crippen LogP contribution in [-0.4, -0.2) is 55.1 Å². The van der Waals surface area contributed by atoms with E-state index >= 15 is 0 Å². The van der Waals surface area contributed by atoms with Crippen LogP contribution in [0.4, 0.5) is 5.69 Å². The van der Waals surface area contributed by atoms with Crippen LogP contribution in [0.15, 0.2) is 71.0 Å². The van der Waals surface area contributed by atoms with Gasteiger partial charge in [0, 0.05) is 55.5 Å². The highest BCUT2D eigenvalue weighted by molar-refractivity contribution is 7.07. The summed E-state index contributed by atoms with van der Waals surface area (Å²) in [5, 5.41) is 12.9. The van der Waals surface area contributed by atoms with E-state index in [1.165, 1.54) is 40.5 Å². The number of pyridine rings is 1. The van der Waals surface area contributed by atoms with Gasteiger partial charge in [-0.15, -0.1) is 11.3 Å². The molecule has 1 amide bonds. The largest absolute Gasteiger partial charge is 0.385 e. The van der Waals surface area contributed by atoms with E-state index in [4.69, 9.17) is 4.74 Å². The van der Waals surface area contributed by atoms with E-state index in [0.29, 0.717) is 25.2 Å². The molecule has 2 aliphatic rings. The minimum Gasteiger partial charge on any atom is -0.385 e. The number of β-lactam (4-membered cyclic amide) rings is 1. The minimum absolute atomic E-state index is 0.00887. The third-order valence-corrected chi connectivity index (χ3v) is 8.23. The zero-order chi connectivity index (χ0) is 29.3. The number of rotatable bonds is 10. The Kier molecular flexibility index (Phi) is 8.04. The Morgan fingerprint density at radius 3 is 2.51 bits per heavy atom. The Morgan fingerprint density at radius 1 is 1.15 bits per heavy atom. The Bertz CT molecular complexity index is 1490. The number of esters is 2. The van der Waals surface area contributed by atoms with Crippen molar-refractivity contribution in [2.24, 2.45) is 17.8 Å². The van der Waals surface area contributed by atoms with E-state index in [1.807, 2.05) is 38.3 Å². The first-order valence-corrected chi connectivity index (χ1v) is 14.2. The Balaban J connectivity index is 1.46. The molecule has 0 radical (unpaired) electrons. The number of nitro benzene ring substituents is 1. The normalized spacial score (nSPS) is 19.9. The van der Waals surface area contributed by atoms with Crippen LogP contribution in [0.1, 0.15) is 42.4 Å². The third-order valence-electron chi connectivity index (χ3n) is 7.60. The first-order chi connectivity index (χ1) is 19.7. The average molecular weight is 576 g/mol. The van der Waals surface area contributed by atoms with Gasteiger partial charge in [0.1, 0.15) is 5.70 Å². The molecule has 0 bridgehead atoms. The van der Waals surface area contributed by atoms with Gasteiger partial charge in [-0.2, -0.15) is 0 Å². The number of hydrogen-bond donors (Lipinski definition) is 0. The smallest absolute Gasteiger partial charge is 0.362 e. The molecule has 5 rings (SSSR count). The molecule has 0 unspecified atom stereocenters. The van der Waals surface area contributed by atoms with Crippen LogP contribution in [0, 0.1) is 27.9 Å². The van der Waals surface area contributed by atoms with E-state index in [0.717, 1.165) is 11.3 Å². The molecule has 1 aromatic carbocycles. The summed E-state index contributed by atoms with van der Waals surface area (Å²) < 4.78 is 5.26. The topological polar surface area (TPSA) is 136 Å². The summed E-state index contributed by atoms with van der Waals surface area (Å²) in [4.78, 5) is 62.4. The number of ether oxygens (including phenoxy) is 1. The molecule has 2 aromatic heterocycles. The summed E-state index contributed by atoms with van der Waals surface area (Å²) in [6.45, 7) is 7.34. The number of fused-ring (bicyclic) bond motifs is 1. The van der Waals surface area contributed by atoms with E-state index in [2.05, 4.69) is 14.9 Å². The maximum atomic E-state index is 13.6. The molecule has 12 heteroatoms. The Morgan fingerprint density at radius 2 is 1.90 bits per heavy atom. The van der Waals surface area contributed by atoms with Crippen LogP contribution >= 0.6 is 11.3 Å². The molecule has 0 spiro atoms. The standard InChI is InChI=1S/C29H29N5O6S/c1-17(2)24-25-18(3)23(14-32(13-21-15-41-16-31-21)12-19-5-4-10-30-11-19)26(33(25)27(24)35)29(37)40-28(36)20-6-8-22(9-7-20)34(38)39/h4-11,15-18,24-25H,12-14H2,1-3H3/t18-,24+,25+/m0/s1. The van der Waals surface area contributed by atoms with Gasteiger partial charge < -0.3 is 9.64 Å². The molecular weight excluding hydrogens is 546 g/mol. The number of thiazole rings is 1. The fourth-order valence-electron chi connectivity index (χ4n) is 5.64. The molecule has 0 saturated carbocycles. The fourth-order valence-corrected chi connectivity index (χ4v) is 6.19.